The lowest BCUT2D eigenvalue weighted by Crippen LogP contribution is -2.29. The Labute approximate surface area is 161 Å². The summed E-state index contributed by atoms with van der Waals surface area (Å²) in [6.07, 6.45) is 4.44. The summed E-state index contributed by atoms with van der Waals surface area (Å²) in [5.41, 5.74) is 2.85. The molecule has 0 saturated carbocycles. The fraction of sp³-hybridized carbons (Fsp3) is 0.381. The van der Waals surface area contributed by atoms with E-state index < -0.39 is 10.0 Å². The van der Waals surface area contributed by atoms with Crippen molar-refractivity contribution in [3.05, 3.63) is 59.7 Å². The number of carbonyl (C=O) groups is 1. The van der Waals surface area contributed by atoms with Crippen molar-refractivity contribution in [2.24, 2.45) is 0 Å². The summed E-state index contributed by atoms with van der Waals surface area (Å²) in [5, 5.41) is 0. The number of hydrogen-bond acceptors (Lipinski definition) is 4. The molecule has 0 bridgehead atoms. The van der Waals surface area contributed by atoms with Crippen molar-refractivity contribution in [3.8, 4) is 0 Å². The molecule has 6 heteroatoms. The van der Waals surface area contributed by atoms with E-state index in [2.05, 4.69) is 33.9 Å². The normalized spacial score (nSPS) is 14.9. The van der Waals surface area contributed by atoms with Crippen molar-refractivity contribution in [3.63, 3.8) is 0 Å². The van der Waals surface area contributed by atoms with Crippen LogP contribution in [0, 0.1) is 0 Å². The van der Waals surface area contributed by atoms with Crippen molar-refractivity contribution in [1.82, 2.24) is 4.72 Å². The Morgan fingerprint density at radius 2 is 1.59 bits per heavy atom. The summed E-state index contributed by atoms with van der Waals surface area (Å²) < 4.78 is 27.4. The van der Waals surface area contributed by atoms with Crippen LogP contribution in [0.1, 0.15) is 42.1 Å². The largest absolute Gasteiger partial charge is 0.372 e. The van der Waals surface area contributed by atoms with Gasteiger partial charge in [-0.15, -0.1) is 0 Å². The highest BCUT2D eigenvalue weighted by Gasteiger charge is 2.14. The first-order chi connectivity index (χ1) is 13.0. The first-order valence-corrected chi connectivity index (χ1v) is 10.9. The van der Waals surface area contributed by atoms with Crippen LogP contribution < -0.4 is 9.62 Å². The summed E-state index contributed by atoms with van der Waals surface area (Å²) in [6.45, 7) is 4.02. The van der Waals surface area contributed by atoms with Crippen molar-refractivity contribution < 1.29 is 13.2 Å². The van der Waals surface area contributed by atoms with Crippen LogP contribution in [0.15, 0.2) is 53.4 Å². The highest BCUT2D eigenvalue weighted by atomic mass is 32.2. The Morgan fingerprint density at radius 1 is 0.963 bits per heavy atom. The van der Waals surface area contributed by atoms with E-state index in [0.717, 1.165) is 18.7 Å². The molecule has 27 heavy (non-hydrogen) atoms. The Bertz CT molecular complexity index is 869. The molecular weight excluding hydrogens is 360 g/mol. The lowest BCUT2D eigenvalue weighted by Gasteiger charge is -2.28. The molecule has 0 unspecified atom stereocenters. The SMILES string of the molecule is CC(=O)c1ccc(S(=O)(=O)NCCc2ccc(N3CCCCC3)cc2)cc1. The van der Waals surface area contributed by atoms with Crippen molar-refractivity contribution in [2.45, 2.75) is 37.5 Å². The van der Waals surface area contributed by atoms with Crippen molar-refractivity contribution in [1.29, 1.82) is 0 Å². The van der Waals surface area contributed by atoms with E-state index in [4.69, 9.17) is 0 Å². The molecule has 144 valence electrons. The van der Waals surface area contributed by atoms with Gasteiger partial charge < -0.3 is 4.90 Å². The zero-order valence-corrected chi connectivity index (χ0v) is 16.5. The van der Waals surface area contributed by atoms with E-state index in [1.165, 1.54) is 56.1 Å². The van der Waals surface area contributed by atoms with Crippen LogP contribution in [0.25, 0.3) is 0 Å². The minimum atomic E-state index is -3.57. The first kappa shape index (κ1) is 19.6. The number of nitrogens with one attached hydrogen (secondary N) is 1. The van der Waals surface area contributed by atoms with Gasteiger partial charge >= 0.3 is 0 Å². The van der Waals surface area contributed by atoms with Gasteiger partial charge in [-0.3, -0.25) is 4.79 Å². The van der Waals surface area contributed by atoms with Crippen molar-refractivity contribution in [2.75, 3.05) is 24.5 Å². The summed E-state index contributed by atoms with van der Waals surface area (Å²) >= 11 is 0. The van der Waals surface area contributed by atoms with E-state index in [0.29, 0.717) is 18.5 Å². The molecule has 0 aromatic heterocycles. The van der Waals surface area contributed by atoms with Gasteiger partial charge in [0.15, 0.2) is 5.78 Å². The standard InChI is InChI=1S/C21H26N2O3S/c1-17(24)19-7-11-21(12-8-19)27(25,26)22-14-13-18-5-9-20(10-6-18)23-15-3-2-4-16-23/h5-12,22H,2-4,13-16H2,1H3. The van der Waals surface area contributed by atoms with Gasteiger partial charge in [0.05, 0.1) is 4.90 Å². The molecule has 0 amide bonds. The Hall–Kier alpha value is -2.18. The van der Waals surface area contributed by atoms with Crippen LogP contribution in [-0.2, 0) is 16.4 Å². The smallest absolute Gasteiger partial charge is 0.240 e. The van der Waals surface area contributed by atoms with Crippen molar-refractivity contribution >= 4 is 21.5 Å². The average Bonchev–Trinajstić information content (AvgIpc) is 2.69. The topological polar surface area (TPSA) is 66.5 Å². The second kappa shape index (κ2) is 8.67. The number of Topliss-reactive ketones (excluding diaryl/α,β-unsaturated/α-hetero) is 1. The molecule has 2 aromatic carbocycles. The Balaban J connectivity index is 1.54. The van der Waals surface area contributed by atoms with Gasteiger partial charge in [0.1, 0.15) is 0 Å². The summed E-state index contributed by atoms with van der Waals surface area (Å²) in [6, 6.07) is 14.4. The molecule has 1 heterocycles. The van der Waals surface area contributed by atoms with E-state index in [-0.39, 0.29) is 10.7 Å². The van der Waals surface area contributed by atoms with Gasteiger partial charge in [0.25, 0.3) is 0 Å². The molecule has 0 spiro atoms. The summed E-state index contributed by atoms with van der Waals surface area (Å²) in [7, 11) is -3.57. The maximum atomic E-state index is 12.4. The fourth-order valence-corrected chi connectivity index (χ4v) is 4.34. The molecule has 1 fully saturated rings. The zero-order valence-electron chi connectivity index (χ0n) is 15.6. The quantitative estimate of drug-likeness (QED) is 0.741. The number of piperidine rings is 1. The van der Waals surface area contributed by atoms with Gasteiger partial charge in [0, 0.05) is 30.9 Å². The number of hydrogen-bond donors (Lipinski definition) is 1. The molecule has 0 aliphatic carbocycles. The number of sulfonamides is 1. The molecule has 5 nitrogen and oxygen atoms in total. The highest BCUT2D eigenvalue weighted by molar-refractivity contribution is 7.89. The average molecular weight is 387 g/mol. The van der Waals surface area contributed by atoms with Crippen LogP contribution in [-0.4, -0.2) is 33.8 Å². The molecule has 1 aliphatic heterocycles. The molecular formula is C21H26N2O3S. The lowest BCUT2D eigenvalue weighted by atomic mass is 10.1. The monoisotopic (exact) mass is 386 g/mol. The maximum absolute atomic E-state index is 12.4. The third-order valence-corrected chi connectivity index (χ3v) is 6.41. The number of nitrogens with zero attached hydrogens (tertiary/aromatic N) is 1. The molecule has 0 radical (unpaired) electrons. The van der Waals surface area contributed by atoms with Gasteiger partial charge in [-0.05, 0) is 62.4 Å². The molecule has 3 rings (SSSR count). The van der Waals surface area contributed by atoms with Crippen LogP contribution >= 0.6 is 0 Å². The minimum absolute atomic E-state index is 0.0834. The van der Waals surface area contributed by atoms with E-state index in [9.17, 15) is 13.2 Å². The summed E-state index contributed by atoms with van der Waals surface area (Å²) in [4.78, 5) is 13.9. The molecule has 1 aliphatic rings. The lowest BCUT2D eigenvalue weighted by molar-refractivity contribution is 0.101. The zero-order chi connectivity index (χ0) is 19.3. The molecule has 0 atom stereocenters. The first-order valence-electron chi connectivity index (χ1n) is 9.40. The van der Waals surface area contributed by atoms with Gasteiger partial charge in [-0.2, -0.15) is 0 Å². The second-order valence-electron chi connectivity index (χ2n) is 6.94. The van der Waals surface area contributed by atoms with E-state index in [1.54, 1.807) is 0 Å². The molecule has 1 saturated heterocycles. The van der Waals surface area contributed by atoms with Gasteiger partial charge in [0.2, 0.25) is 10.0 Å². The van der Waals surface area contributed by atoms with Crippen LogP contribution in [0.2, 0.25) is 0 Å². The predicted molar refractivity (Wildman–Crippen MR) is 108 cm³/mol. The maximum Gasteiger partial charge on any atom is 0.240 e. The molecule has 1 N–H and O–H groups in total. The number of anilines is 1. The van der Waals surface area contributed by atoms with E-state index >= 15 is 0 Å². The number of benzene rings is 2. The molecule has 2 aromatic rings. The van der Waals surface area contributed by atoms with E-state index in [1.807, 2.05) is 0 Å². The Kier molecular flexibility index (Phi) is 6.29. The van der Waals surface area contributed by atoms with Crippen LogP contribution in [0.4, 0.5) is 5.69 Å². The highest BCUT2D eigenvalue weighted by Crippen LogP contribution is 2.20. The third-order valence-electron chi connectivity index (χ3n) is 4.93. The Morgan fingerprint density at radius 3 is 2.19 bits per heavy atom. The predicted octanol–water partition coefficient (Wildman–Crippen LogP) is 3.40. The van der Waals surface area contributed by atoms with Crippen LogP contribution in [0.5, 0.6) is 0 Å². The van der Waals surface area contributed by atoms with Gasteiger partial charge in [-0.25, -0.2) is 13.1 Å². The fourth-order valence-electron chi connectivity index (χ4n) is 3.31. The van der Waals surface area contributed by atoms with Gasteiger partial charge in [-0.1, -0.05) is 24.3 Å². The second-order valence-corrected chi connectivity index (χ2v) is 8.71. The van der Waals surface area contributed by atoms with Crippen LogP contribution in [0.3, 0.4) is 0 Å². The number of rotatable bonds is 7. The number of carbonyl (C=O) groups excluding carboxylic acids is 1. The summed E-state index contributed by atoms with van der Waals surface area (Å²) in [5.74, 6) is -0.0834. The number of ketones is 1. The minimum Gasteiger partial charge on any atom is -0.372 e. The third kappa shape index (κ3) is 5.17.